The average molecular weight is 357 g/mol. The van der Waals surface area contributed by atoms with Crippen molar-refractivity contribution in [1.82, 2.24) is 10.2 Å². The van der Waals surface area contributed by atoms with E-state index in [0.717, 1.165) is 31.2 Å². The third kappa shape index (κ3) is 5.11. The number of nitrogens with one attached hydrogen (secondary N) is 1. The van der Waals surface area contributed by atoms with Gasteiger partial charge in [0.2, 0.25) is 0 Å². The van der Waals surface area contributed by atoms with Crippen LogP contribution in [0.2, 0.25) is 5.02 Å². The number of thioether (sulfide) groups is 1. The van der Waals surface area contributed by atoms with Crippen LogP contribution >= 0.6 is 23.4 Å². The summed E-state index contributed by atoms with van der Waals surface area (Å²) in [7, 11) is 0. The molecule has 1 saturated heterocycles. The van der Waals surface area contributed by atoms with Crippen molar-refractivity contribution in [3.8, 4) is 0 Å². The molecule has 1 aromatic carbocycles. The molecule has 1 aliphatic rings. The lowest BCUT2D eigenvalue weighted by molar-refractivity contribution is 0.00673. The van der Waals surface area contributed by atoms with Crippen molar-refractivity contribution in [3.63, 3.8) is 0 Å². The van der Waals surface area contributed by atoms with Gasteiger partial charge in [0.05, 0.1) is 23.8 Å². The number of benzene rings is 1. The van der Waals surface area contributed by atoms with Gasteiger partial charge >= 0.3 is 0 Å². The van der Waals surface area contributed by atoms with Crippen LogP contribution in [-0.2, 0) is 4.74 Å². The van der Waals surface area contributed by atoms with Crippen LogP contribution < -0.4 is 5.32 Å². The summed E-state index contributed by atoms with van der Waals surface area (Å²) in [6, 6.07) is 5.87. The fourth-order valence-electron chi connectivity index (χ4n) is 2.79. The van der Waals surface area contributed by atoms with Crippen LogP contribution in [0.15, 0.2) is 23.1 Å². The molecular formula is C17H25ClN2O2S. The van der Waals surface area contributed by atoms with Gasteiger partial charge < -0.3 is 10.1 Å². The molecule has 0 aliphatic carbocycles. The fourth-order valence-corrected chi connectivity index (χ4v) is 3.44. The molecule has 0 radical (unpaired) electrons. The summed E-state index contributed by atoms with van der Waals surface area (Å²) in [5, 5.41) is 3.55. The first-order chi connectivity index (χ1) is 11.0. The predicted molar refractivity (Wildman–Crippen MR) is 96.6 cm³/mol. The molecule has 2 rings (SSSR count). The molecular weight excluding hydrogens is 332 g/mol. The number of hydrogen-bond acceptors (Lipinski definition) is 4. The topological polar surface area (TPSA) is 41.6 Å². The molecule has 4 nitrogen and oxygen atoms in total. The van der Waals surface area contributed by atoms with E-state index < -0.39 is 0 Å². The highest BCUT2D eigenvalue weighted by Gasteiger charge is 2.24. The van der Waals surface area contributed by atoms with Gasteiger partial charge in [0.25, 0.3) is 5.91 Å². The maximum absolute atomic E-state index is 12.5. The van der Waals surface area contributed by atoms with Gasteiger partial charge in [-0.05, 0) is 30.4 Å². The van der Waals surface area contributed by atoms with E-state index in [1.54, 1.807) is 17.8 Å². The molecule has 1 fully saturated rings. The van der Waals surface area contributed by atoms with Crippen LogP contribution in [0.4, 0.5) is 0 Å². The number of morpholine rings is 1. The van der Waals surface area contributed by atoms with Crippen LogP contribution in [0, 0.1) is 5.92 Å². The van der Waals surface area contributed by atoms with E-state index in [9.17, 15) is 4.79 Å². The van der Waals surface area contributed by atoms with E-state index in [0.29, 0.717) is 29.1 Å². The Morgan fingerprint density at radius 3 is 2.70 bits per heavy atom. The second-order valence-corrected chi connectivity index (χ2v) is 7.30. The molecule has 1 amide bonds. The van der Waals surface area contributed by atoms with Gasteiger partial charge in [0, 0.05) is 30.6 Å². The number of rotatable bonds is 6. The van der Waals surface area contributed by atoms with Crippen LogP contribution in [0.1, 0.15) is 24.2 Å². The molecule has 128 valence electrons. The number of hydrogen-bond donors (Lipinski definition) is 1. The Balaban J connectivity index is 2.01. The lowest BCUT2D eigenvalue weighted by Gasteiger charge is -2.36. The Hall–Kier alpha value is -0.750. The van der Waals surface area contributed by atoms with Gasteiger partial charge in [-0.15, -0.1) is 11.8 Å². The minimum Gasteiger partial charge on any atom is -0.379 e. The highest BCUT2D eigenvalue weighted by Crippen LogP contribution is 2.23. The van der Waals surface area contributed by atoms with E-state index in [1.807, 2.05) is 18.4 Å². The molecule has 6 heteroatoms. The fraction of sp³-hybridized carbons (Fsp3) is 0.588. The van der Waals surface area contributed by atoms with Gasteiger partial charge in [-0.1, -0.05) is 25.4 Å². The zero-order valence-electron chi connectivity index (χ0n) is 14.0. The van der Waals surface area contributed by atoms with Crippen molar-refractivity contribution < 1.29 is 9.53 Å². The van der Waals surface area contributed by atoms with Crippen LogP contribution in [0.3, 0.4) is 0 Å². The van der Waals surface area contributed by atoms with Crippen molar-refractivity contribution in [2.24, 2.45) is 5.92 Å². The minimum absolute atomic E-state index is 0.107. The molecule has 1 atom stereocenters. The molecule has 1 unspecified atom stereocenters. The molecule has 0 saturated carbocycles. The van der Waals surface area contributed by atoms with E-state index in [4.69, 9.17) is 16.3 Å². The zero-order valence-corrected chi connectivity index (χ0v) is 15.5. The standard InChI is InChI=1S/C17H25ClN2O2S/c1-12(2)16(20-6-8-22-9-7-20)11-19-17(21)14-10-13(23-3)4-5-15(14)18/h4-5,10,12,16H,6-9,11H2,1-3H3,(H,19,21). The molecule has 1 aromatic rings. The maximum atomic E-state index is 12.5. The van der Waals surface area contributed by atoms with Crippen LogP contribution in [0.5, 0.6) is 0 Å². The van der Waals surface area contributed by atoms with E-state index in [2.05, 4.69) is 24.1 Å². The monoisotopic (exact) mass is 356 g/mol. The highest BCUT2D eigenvalue weighted by atomic mass is 35.5. The summed E-state index contributed by atoms with van der Waals surface area (Å²) in [6.45, 7) is 8.36. The average Bonchev–Trinajstić information content (AvgIpc) is 2.56. The Labute approximate surface area is 147 Å². The molecule has 0 bridgehead atoms. The van der Waals surface area contributed by atoms with Crippen molar-refractivity contribution >= 4 is 29.3 Å². The Bertz CT molecular complexity index is 533. The third-order valence-corrected chi connectivity index (χ3v) is 5.23. The Kier molecular flexibility index (Phi) is 7.21. The summed E-state index contributed by atoms with van der Waals surface area (Å²) < 4.78 is 5.42. The van der Waals surface area contributed by atoms with Gasteiger partial charge in [0.1, 0.15) is 0 Å². The SMILES string of the molecule is CSc1ccc(Cl)c(C(=O)NCC(C(C)C)N2CCOCC2)c1. The van der Waals surface area contributed by atoms with Crippen LogP contribution in [0.25, 0.3) is 0 Å². The van der Waals surface area contributed by atoms with E-state index in [-0.39, 0.29) is 5.91 Å². The summed E-state index contributed by atoms with van der Waals surface area (Å²) >= 11 is 7.78. The normalized spacial score (nSPS) is 17.3. The van der Waals surface area contributed by atoms with Gasteiger partial charge in [-0.3, -0.25) is 9.69 Å². The second-order valence-electron chi connectivity index (χ2n) is 6.02. The third-order valence-electron chi connectivity index (χ3n) is 4.17. The molecule has 0 spiro atoms. The van der Waals surface area contributed by atoms with Gasteiger partial charge in [-0.25, -0.2) is 0 Å². The number of amides is 1. The minimum atomic E-state index is -0.107. The second kappa shape index (κ2) is 8.92. The predicted octanol–water partition coefficient (Wildman–Crippen LogP) is 3.15. The smallest absolute Gasteiger partial charge is 0.252 e. The molecule has 23 heavy (non-hydrogen) atoms. The highest BCUT2D eigenvalue weighted by molar-refractivity contribution is 7.98. The van der Waals surface area contributed by atoms with E-state index in [1.165, 1.54) is 0 Å². The molecule has 1 N–H and O–H groups in total. The molecule has 0 aromatic heterocycles. The largest absolute Gasteiger partial charge is 0.379 e. The first kappa shape index (κ1) is 18.6. The number of ether oxygens (including phenoxy) is 1. The number of nitrogens with zero attached hydrogens (tertiary/aromatic N) is 1. The Morgan fingerprint density at radius 1 is 1.39 bits per heavy atom. The Morgan fingerprint density at radius 2 is 2.09 bits per heavy atom. The quantitative estimate of drug-likeness (QED) is 0.795. The maximum Gasteiger partial charge on any atom is 0.252 e. The summed E-state index contributed by atoms with van der Waals surface area (Å²) in [4.78, 5) is 15.9. The number of carbonyl (C=O) groups excluding carboxylic acids is 1. The molecule has 1 heterocycles. The van der Waals surface area contributed by atoms with Crippen molar-refractivity contribution in [2.45, 2.75) is 24.8 Å². The van der Waals surface area contributed by atoms with E-state index >= 15 is 0 Å². The van der Waals surface area contributed by atoms with Gasteiger partial charge in [-0.2, -0.15) is 0 Å². The lowest BCUT2D eigenvalue weighted by Crippen LogP contribution is -2.51. The number of carbonyl (C=O) groups is 1. The summed E-state index contributed by atoms with van der Waals surface area (Å²) in [5.41, 5.74) is 0.544. The van der Waals surface area contributed by atoms with Crippen molar-refractivity contribution in [3.05, 3.63) is 28.8 Å². The van der Waals surface area contributed by atoms with Crippen LogP contribution in [-0.4, -0.2) is 56.0 Å². The van der Waals surface area contributed by atoms with Gasteiger partial charge in [0.15, 0.2) is 0 Å². The van der Waals surface area contributed by atoms with Crippen molar-refractivity contribution in [1.29, 1.82) is 0 Å². The molecule has 1 aliphatic heterocycles. The number of halogens is 1. The first-order valence-corrected chi connectivity index (χ1v) is 9.56. The zero-order chi connectivity index (χ0) is 16.8. The van der Waals surface area contributed by atoms with Crippen molar-refractivity contribution in [2.75, 3.05) is 39.1 Å². The first-order valence-electron chi connectivity index (χ1n) is 7.96. The summed E-state index contributed by atoms with van der Waals surface area (Å²) in [5.74, 6) is 0.353. The lowest BCUT2D eigenvalue weighted by atomic mass is 10.0. The summed E-state index contributed by atoms with van der Waals surface area (Å²) in [6.07, 6.45) is 1.98.